The van der Waals surface area contributed by atoms with Crippen LogP contribution in [0.5, 0.6) is 0 Å². The maximum atomic E-state index is 14.0. The van der Waals surface area contributed by atoms with E-state index < -0.39 is 0 Å². The minimum absolute atomic E-state index is 0.303. The Labute approximate surface area is 220 Å². The molecule has 0 saturated carbocycles. The van der Waals surface area contributed by atoms with E-state index in [1.807, 2.05) is 37.7 Å². The van der Waals surface area contributed by atoms with Crippen molar-refractivity contribution in [3.05, 3.63) is 102 Å². The second-order valence-electron chi connectivity index (χ2n) is 9.64. The summed E-state index contributed by atoms with van der Waals surface area (Å²) >= 11 is 0. The number of H-pyrrole nitrogens is 2. The van der Waals surface area contributed by atoms with Crippen LogP contribution in [-0.2, 0) is 6.54 Å². The fraction of sp³-hybridized carbons (Fsp3) is 0.200. The zero-order valence-corrected chi connectivity index (χ0v) is 21.2. The molecule has 2 N–H and O–H groups in total. The first-order chi connectivity index (χ1) is 18.6. The smallest absolute Gasteiger partial charge is 0.181 e. The van der Waals surface area contributed by atoms with Crippen LogP contribution < -0.4 is 0 Å². The number of likely N-dealkylation sites (tertiary alicyclic amines) is 1. The first-order valence-corrected chi connectivity index (χ1v) is 12.8. The topological polar surface area (TPSA) is 86.4 Å². The van der Waals surface area contributed by atoms with Gasteiger partial charge in [0, 0.05) is 47.5 Å². The third-order valence-electron chi connectivity index (χ3n) is 6.94. The number of hydrogen-bond acceptors (Lipinski definition) is 5. The number of fused-ring (bicyclic) bond motifs is 1. The lowest BCUT2D eigenvalue weighted by Crippen LogP contribution is -2.18. The summed E-state index contributed by atoms with van der Waals surface area (Å²) in [6.07, 6.45) is 11.7. The number of benzene rings is 1. The third-order valence-corrected chi connectivity index (χ3v) is 6.94. The van der Waals surface area contributed by atoms with Crippen molar-refractivity contribution in [1.82, 2.24) is 35.0 Å². The van der Waals surface area contributed by atoms with E-state index in [1.165, 1.54) is 30.5 Å². The van der Waals surface area contributed by atoms with Crippen LogP contribution in [0.1, 0.15) is 35.4 Å². The van der Waals surface area contributed by atoms with E-state index in [0.717, 1.165) is 64.4 Å². The fourth-order valence-electron chi connectivity index (χ4n) is 5.10. The molecule has 0 bridgehead atoms. The number of aromatic amines is 2. The highest BCUT2D eigenvalue weighted by atomic mass is 19.1. The van der Waals surface area contributed by atoms with Gasteiger partial charge in [-0.15, -0.1) is 0 Å². The molecule has 0 amide bonds. The number of nitrogens with zero attached hydrogens (tertiary/aromatic N) is 5. The molecule has 4 aromatic heterocycles. The van der Waals surface area contributed by atoms with Gasteiger partial charge in [-0.25, -0.2) is 14.4 Å². The number of imidazole rings is 1. The van der Waals surface area contributed by atoms with Gasteiger partial charge in [-0.2, -0.15) is 5.10 Å². The Morgan fingerprint density at radius 2 is 1.95 bits per heavy atom. The van der Waals surface area contributed by atoms with E-state index in [9.17, 15) is 4.39 Å². The molecule has 8 heteroatoms. The summed E-state index contributed by atoms with van der Waals surface area (Å²) in [6.45, 7) is 8.98. The molecular weight excluding hydrogens is 477 g/mol. The highest BCUT2D eigenvalue weighted by Crippen LogP contribution is 2.32. The summed E-state index contributed by atoms with van der Waals surface area (Å²) < 4.78 is 14.0. The molecule has 1 aromatic carbocycles. The summed E-state index contributed by atoms with van der Waals surface area (Å²) in [6, 6.07) is 10.7. The molecule has 0 spiro atoms. The summed E-state index contributed by atoms with van der Waals surface area (Å²) in [5, 5.41) is 8.36. The van der Waals surface area contributed by atoms with E-state index in [1.54, 1.807) is 12.1 Å². The largest absolute Gasteiger partial charge is 0.340 e. The minimum Gasteiger partial charge on any atom is -0.340 e. The van der Waals surface area contributed by atoms with Crippen molar-refractivity contribution in [2.45, 2.75) is 26.3 Å². The van der Waals surface area contributed by atoms with Crippen LogP contribution in [0.15, 0.2) is 73.7 Å². The number of aryl methyl sites for hydroxylation is 1. The Morgan fingerprint density at radius 3 is 2.76 bits per heavy atom. The SMILES string of the molecule is C=C/C=C(/c1cccc(F)c1)c1nc(-c2[nH]nc3ncc(-c4cncc(CN5CCCC5)c4)cc23)[nH]c1C. The van der Waals surface area contributed by atoms with E-state index in [0.29, 0.717) is 11.5 Å². The molecule has 0 atom stereocenters. The number of nitrogens with one attached hydrogen (secondary N) is 2. The second-order valence-corrected chi connectivity index (χ2v) is 9.64. The third kappa shape index (κ3) is 4.66. The van der Waals surface area contributed by atoms with E-state index >= 15 is 0 Å². The van der Waals surface area contributed by atoms with Gasteiger partial charge in [-0.1, -0.05) is 30.9 Å². The Bertz CT molecular complexity index is 1660. The molecule has 0 radical (unpaired) electrons. The first kappa shape index (κ1) is 23.9. The van der Waals surface area contributed by atoms with E-state index in [-0.39, 0.29) is 5.82 Å². The van der Waals surface area contributed by atoms with Gasteiger partial charge in [0.1, 0.15) is 11.5 Å². The summed E-state index contributed by atoms with van der Waals surface area (Å²) in [5.41, 5.74) is 7.60. The maximum Gasteiger partial charge on any atom is 0.181 e. The predicted molar refractivity (Wildman–Crippen MR) is 148 cm³/mol. The van der Waals surface area contributed by atoms with Crippen LogP contribution in [-0.4, -0.2) is 48.1 Å². The molecule has 6 rings (SSSR count). The number of pyridine rings is 2. The molecule has 7 nitrogen and oxygen atoms in total. The lowest BCUT2D eigenvalue weighted by Gasteiger charge is -2.14. The van der Waals surface area contributed by atoms with Crippen LogP contribution in [0.2, 0.25) is 0 Å². The second kappa shape index (κ2) is 10.1. The van der Waals surface area contributed by atoms with Gasteiger partial charge in [-0.05, 0) is 68.2 Å². The predicted octanol–water partition coefficient (Wildman–Crippen LogP) is 6.07. The molecule has 38 heavy (non-hydrogen) atoms. The van der Waals surface area contributed by atoms with Crippen molar-refractivity contribution < 1.29 is 4.39 Å². The zero-order chi connectivity index (χ0) is 26.1. The van der Waals surface area contributed by atoms with Crippen LogP contribution in [0.3, 0.4) is 0 Å². The first-order valence-electron chi connectivity index (χ1n) is 12.8. The number of allylic oxidation sites excluding steroid dienone is 2. The Morgan fingerprint density at radius 1 is 1.11 bits per heavy atom. The average Bonchev–Trinajstić information content (AvgIpc) is 3.67. The normalized spacial score (nSPS) is 14.4. The monoisotopic (exact) mass is 505 g/mol. The molecule has 1 saturated heterocycles. The highest BCUT2D eigenvalue weighted by molar-refractivity contribution is 5.92. The van der Waals surface area contributed by atoms with Crippen molar-refractivity contribution in [3.63, 3.8) is 0 Å². The molecule has 5 aromatic rings. The summed E-state index contributed by atoms with van der Waals surface area (Å²) in [4.78, 5) is 19.8. The fourth-order valence-corrected chi connectivity index (χ4v) is 5.10. The zero-order valence-electron chi connectivity index (χ0n) is 21.2. The van der Waals surface area contributed by atoms with Crippen LogP contribution in [0.4, 0.5) is 4.39 Å². The minimum atomic E-state index is -0.303. The van der Waals surface area contributed by atoms with Crippen molar-refractivity contribution in [2.24, 2.45) is 0 Å². The maximum absolute atomic E-state index is 14.0. The van der Waals surface area contributed by atoms with Gasteiger partial charge in [0.25, 0.3) is 0 Å². The van der Waals surface area contributed by atoms with Crippen LogP contribution >= 0.6 is 0 Å². The van der Waals surface area contributed by atoms with E-state index in [4.69, 9.17) is 4.98 Å². The molecule has 1 aliphatic rings. The van der Waals surface area contributed by atoms with Gasteiger partial charge in [0.15, 0.2) is 11.5 Å². The standard InChI is InChI=1S/C30H28FN7/c1-3-7-25(21-8-6-9-24(31)13-21)27-19(2)34-30(35-27)28-26-14-23(17-33-29(26)37-36-28)22-12-20(15-32-16-22)18-38-10-4-5-11-38/h3,6-9,12-17H,1,4-5,10-11,18H2,2H3,(H,34,35)(H,33,36,37)/b25-7-. The number of rotatable bonds is 7. The van der Waals surface area contributed by atoms with Gasteiger partial charge >= 0.3 is 0 Å². The number of hydrogen-bond donors (Lipinski definition) is 2. The molecule has 0 unspecified atom stereocenters. The molecule has 190 valence electrons. The number of aromatic nitrogens is 6. The van der Waals surface area contributed by atoms with Crippen molar-refractivity contribution in [1.29, 1.82) is 0 Å². The Hall–Kier alpha value is -4.43. The van der Waals surface area contributed by atoms with Gasteiger partial charge in [0.2, 0.25) is 0 Å². The van der Waals surface area contributed by atoms with Gasteiger partial charge < -0.3 is 4.98 Å². The molecule has 5 heterocycles. The van der Waals surface area contributed by atoms with Gasteiger partial charge in [0.05, 0.1) is 11.1 Å². The highest BCUT2D eigenvalue weighted by Gasteiger charge is 2.19. The lowest BCUT2D eigenvalue weighted by atomic mass is 10.0. The van der Waals surface area contributed by atoms with Crippen LogP contribution in [0.25, 0.3) is 39.3 Å². The number of halogens is 1. The lowest BCUT2D eigenvalue weighted by molar-refractivity contribution is 0.331. The Balaban J connectivity index is 1.37. The summed E-state index contributed by atoms with van der Waals surface area (Å²) in [5.74, 6) is 0.328. The molecule has 0 aliphatic carbocycles. The molecular formula is C30H28FN7. The van der Waals surface area contributed by atoms with Gasteiger partial charge in [-0.3, -0.25) is 15.0 Å². The van der Waals surface area contributed by atoms with Crippen molar-refractivity contribution in [2.75, 3.05) is 13.1 Å². The average molecular weight is 506 g/mol. The van der Waals surface area contributed by atoms with E-state index in [2.05, 4.69) is 48.8 Å². The van der Waals surface area contributed by atoms with Crippen LogP contribution in [0, 0.1) is 12.7 Å². The summed E-state index contributed by atoms with van der Waals surface area (Å²) in [7, 11) is 0. The quantitative estimate of drug-likeness (QED) is 0.262. The Kier molecular flexibility index (Phi) is 6.39. The molecule has 1 aliphatic heterocycles. The molecule has 1 fully saturated rings. The van der Waals surface area contributed by atoms with Crippen molar-refractivity contribution in [3.8, 4) is 22.6 Å². The van der Waals surface area contributed by atoms with Crippen molar-refractivity contribution >= 4 is 16.6 Å².